The molecule has 0 fully saturated rings. The maximum Gasteiger partial charge on any atom is 0.233 e. The SMILES string of the molecule is Cn1ccc(OCc2c(Cl)cccc2SCF)n1. The molecule has 0 unspecified atom stereocenters. The number of thioether (sulfide) groups is 1. The lowest BCUT2D eigenvalue weighted by atomic mass is 10.2. The van der Waals surface area contributed by atoms with Crippen molar-refractivity contribution in [2.24, 2.45) is 7.05 Å². The predicted molar refractivity (Wildman–Crippen MR) is 70.8 cm³/mol. The number of aryl methyl sites for hydroxylation is 1. The second-order valence-corrected chi connectivity index (χ2v) is 4.94. The maximum absolute atomic E-state index is 12.4. The molecule has 0 saturated carbocycles. The van der Waals surface area contributed by atoms with Gasteiger partial charge >= 0.3 is 0 Å². The Hall–Kier alpha value is -1.20. The molecule has 0 aliphatic rings. The molecule has 3 nitrogen and oxygen atoms in total. The van der Waals surface area contributed by atoms with Crippen molar-refractivity contribution in [2.45, 2.75) is 11.5 Å². The van der Waals surface area contributed by atoms with Crippen LogP contribution < -0.4 is 4.74 Å². The van der Waals surface area contributed by atoms with Crippen molar-refractivity contribution < 1.29 is 9.13 Å². The monoisotopic (exact) mass is 286 g/mol. The summed E-state index contributed by atoms with van der Waals surface area (Å²) in [6.07, 6.45) is 1.79. The quantitative estimate of drug-likeness (QED) is 0.785. The first-order chi connectivity index (χ1) is 8.70. The molecule has 0 saturated heterocycles. The highest BCUT2D eigenvalue weighted by Crippen LogP contribution is 2.29. The highest BCUT2D eigenvalue weighted by molar-refractivity contribution is 7.99. The molecular weight excluding hydrogens is 275 g/mol. The lowest BCUT2D eigenvalue weighted by molar-refractivity contribution is 0.288. The summed E-state index contributed by atoms with van der Waals surface area (Å²) in [5, 5.41) is 4.68. The van der Waals surface area contributed by atoms with E-state index in [1.54, 1.807) is 29.1 Å². The van der Waals surface area contributed by atoms with Gasteiger partial charge in [0.25, 0.3) is 0 Å². The Balaban J connectivity index is 2.12. The fourth-order valence-electron chi connectivity index (χ4n) is 1.49. The average Bonchev–Trinajstić information content (AvgIpc) is 2.75. The van der Waals surface area contributed by atoms with E-state index in [0.29, 0.717) is 10.9 Å². The Morgan fingerprint density at radius 2 is 2.28 bits per heavy atom. The Bertz CT molecular complexity index is 533. The number of nitrogens with zero attached hydrogens (tertiary/aromatic N) is 2. The first kappa shape index (κ1) is 13.2. The van der Waals surface area contributed by atoms with Crippen LogP contribution in [0.4, 0.5) is 4.39 Å². The largest absolute Gasteiger partial charge is 0.472 e. The van der Waals surface area contributed by atoms with E-state index in [1.807, 2.05) is 13.1 Å². The molecule has 0 aliphatic heterocycles. The van der Waals surface area contributed by atoms with Crippen molar-refractivity contribution in [3.63, 3.8) is 0 Å². The molecule has 0 N–H and O–H groups in total. The van der Waals surface area contributed by atoms with Crippen molar-refractivity contribution >= 4 is 23.4 Å². The highest BCUT2D eigenvalue weighted by atomic mass is 35.5. The fraction of sp³-hybridized carbons (Fsp3) is 0.250. The van der Waals surface area contributed by atoms with Crippen molar-refractivity contribution in [1.29, 1.82) is 0 Å². The summed E-state index contributed by atoms with van der Waals surface area (Å²) in [7, 11) is 1.81. The molecule has 0 atom stereocenters. The van der Waals surface area contributed by atoms with Crippen LogP contribution in [0.3, 0.4) is 0 Å². The molecular formula is C12H12ClFN2OS. The van der Waals surface area contributed by atoms with Crippen LogP contribution in [0.1, 0.15) is 5.56 Å². The van der Waals surface area contributed by atoms with Gasteiger partial charge in [-0.1, -0.05) is 29.4 Å². The Morgan fingerprint density at radius 1 is 1.44 bits per heavy atom. The van der Waals surface area contributed by atoms with Gasteiger partial charge in [-0.2, -0.15) is 0 Å². The minimum absolute atomic E-state index is 0.277. The van der Waals surface area contributed by atoms with Gasteiger partial charge in [0.15, 0.2) is 0 Å². The number of aromatic nitrogens is 2. The smallest absolute Gasteiger partial charge is 0.233 e. The average molecular weight is 287 g/mol. The number of benzene rings is 1. The van der Waals surface area contributed by atoms with Gasteiger partial charge in [-0.25, -0.2) is 4.39 Å². The molecule has 0 amide bonds. The van der Waals surface area contributed by atoms with Gasteiger partial charge in [0.2, 0.25) is 5.88 Å². The Morgan fingerprint density at radius 3 is 2.94 bits per heavy atom. The molecule has 0 aliphatic carbocycles. The van der Waals surface area contributed by atoms with Crippen LogP contribution in [0.2, 0.25) is 5.02 Å². The molecule has 0 bridgehead atoms. The van der Waals surface area contributed by atoms with Crippen molar-refractivity contribution in [1.82, 2.24) is 9.78 Å². The summed E-state index contributed by atoms with van der Waals surface area (Å²) in [6, 6.07) is 6.66. The number of halogens is 2. The van der Waals surface area contributed by atoms with Crippen LogP contribution in [-0.4, -0.2) is 15.8 Å². The van der Waals surface area contributed by atoms with E-state index in [9.17, 15) is 4.39 Å². The van der Waals surface area contributed by atoms with E-state index >= 15 is 0 Å². The van der Waals surface area contributed by atoms with Crippen molar-refractivity contribution in [3.8, 4) is 5.88 Å². The van der Waals surface area contributed by atoms with Gasteiger partial charge in [-0.3, -0.25) is 4.68 Å². The number of rotatable bonds is 5. The summed E-state index contributed by atoms with van der Waals surface area (Å²) < 4.78 is 19.6. The summed E-state index contributed by atoms with van der Waals surface area (Å²) in [5.41, 5.74) is 0.785. The second kappa shape index (κ2) is 6.11. The zero-order chi connectivity index (χ0) is 13.0. The van der Waals surface area contributed by atoms with Crippen molar-refractivity contribution in [2.75, 3.05) is 6.01 Å². The van der Waals surface area contributed by atoms with E-state index in [-0.39, 0.29) is 6.61 Å². The summed E-state index contributed by atoms with van der Waals surface area (Å²) in [6.45, 7) is 0.277. The van der Waals surface area contributed by atoms with Crippen molar-refractivity contribution in [3.05, 3.63) is 41.0 Å². The third-order valence-electron chi connectivity index (χ3n) is 2.34. The van der Waals surface area contributed by atoms with E-state index in [1.165, 1.54) is 0 Å². The van der Waals surface area contributed by atoms with E-state index < -0.39 is 6.01 Å². The second-order valence-electron chi connectivity index (χ2n) is 3.59. The topological polar surface area (TPSA) is 27.1 Å². The first-order valence-corrected chi connectivity index (χ1v) is 6.65. The van der Waals surface area contributed by atoms with E-state index in [2.05, 4.69) is 5.10 Å². The van der Waals surface area contributed by atoms with Gasteiger partial charge in [0, 0.05) is 34.8 Å². The summed E-state index contributed by atoms with van der Waals surface area (Å²) in [4.78, 5) is 0.793. The van der Waals surface area contributed by atoms with Crippen LogP contribution in [0.15, 0.2) is 35.4 Å². The van der Waals surface area contributed by atoms with Crippen LogP contribution >= 0.6 is 23.4 Å². The number of hydrogen-bond acceptors (Lipinski definition) is 3. The number of hydrogen-bond donors (Lipinski definition) is 0. The third kappa shape index (κ3) is 3.17. The molecule has 1 aromatic heterocycles. The maximum atomic E-state index is 12.4. The molecule has 0 radical (unpaired) electrons. The first-order valence-electron chi connectivity index (χ1n) is 5.29. The van der Waals surface area contributed by atoms with Crippen LogP contribution in [0.25, 0.3) is 0 Å². The minimum atomic E-state index is -0.489. The summed E-state index contributed by atoms with van der Waals surface area (Å²) in [5.74, 6) is 0.522. The molecule has 1 aromatic carbocycles. The van der Waals surface area contributed by atoms with E-state index in [0.717, 1.165) is 22.2 Å². The molecule has 96 valence electrons. The van der Waals surface area contributed by atoms with Gasteiger partial charge in [-0.05, 0) is 12.1 Å². The number of alkyl halides is 1. The lowest BCUT2D eigenvalue weighted by Crippen LogP contribution is -1.99. The highest BCUT2D eigenvalue weighted by Gasteiger charge is 2.09. The van der Waals surface area contributed by atoms with Crippen LogP contribution in [-0.2, 0) is 13.7 Å². The van der Waals surface area contributed by atoms with Gasteiger partial charge < -0.3 is 4.74 Å². The molecule has 18 heavy (non-hydrogen) atoms. The molecule has 6 heteroatoms. The zero-order valence-corrected chi connectivity index (χ0v) is 11.3. The molecule has 1 heterocycles. The Labute approximate surface area is 114 Å². The number of ether oxygens (including phenoxy) is 1. The normalized spacial score (nSPS) is 10.6. The molecule has 0 spiro atoms. The zero-order valence-electron chi connectivity index (χ0n) is 9.77. The van der Waals surface area contributed by atoms with Gasteiger partial charge in [0.05, 0.1) is 0 Å². The van der Waals surface area contributed by atoms with E-state index in [4.69, 9.17) is 16.3 Å². The van der Waals surface area contributed by atoms with Crippen LogP contribution in [0.5, 0.6) is 5.88 Å². The lowest BCUT2D eigenvalue weighted by Gasteiger charge is -2.10. The minimum Gasteiger partial charge on any atom is -0.472 e. The molecule has 2 aromatic rings. The Kier molecular flexibility index (Phi) is 4.49. The fourth-order valence-corrected chi connectivity index (χ4v) is 2.41. The summed E-state index contributed by atoms with van der Waals surface area (Å²) >= 11 is 7.19. The third-order valence-corrected chi connectivity index (χ3v) is 3.50. The molecule has 2 rings (SSSR count). The predicted octanol–water partition coefficient (Wildman–Crippen LogP) is 3.67. The standard InChI is InChI=1S/C12H12ClFN2OS/c1-16-6-5-12(15-16)17-7-9-10(13)3-2-4-11(9)18-8-14/h2-6H,7-8H2,1H3. The van der Waals surface area contributed by atoms with Gasteiger partial charge in [-0.15, -0.1) is 5.10 Å². The van der Waals surface area contributed by atoms with Crippen LogP contribution in [0, 0.1) is 0 Å². The van der Waals surface area contributed by atoms with Gasteiger partial charge in [0.1, 0.15) is 12.6 Å².